The number of anilines is 1. The van der Waals surface area contributed by atoms with E-state index in [4.69, 9.17) is 15.2 Å². The fraction of sp³-hybridized carbons (Fsp3) is 0.821. The minimum atomic E-state index is -2.69. The summed E-state index contributed by atoms with van der Waals surface area (Å²) in [7, 11) is -2.69. The summed E-state index contributed by atoms with van der Waals surface area (Å²) in [5, 5.41) is 0. The Hall–Kier alpha value is -1.67. The third-order valence-electron chi connectivity index (χ3n) is 6.89. The average Bonchev–Trinajstić information content (AvgIpc) is 3.31. The van der Waals surface area contributed by atoms with Gasteiger partial charge in [-0.3, -0.25) is 0 Å². The number of hydrogen-bond acceptors (Lipinski definition) is 8. The minimum Gasteiger partial charge on any atom is -0.593 e. The van der Waals surface area contributed by atoms with Crippen LogP contribution in [0.25, 0.3) is 11.2 Å². The highest BCUT2D eigenvalue weighted by atomic mass is 31.1. The van der Waals surface area contributed by atoms with Gasteiger partial charge in [-0.1, -0.05) is 95.0 Å². The van der Waals surface area contributed by atoms with Crippen molar-refractivity contribution in [3.05, 3.63) is 12.7 Å². The van der Waals surface area contributed by atoms with Crippen LogP contribution in [-0.4, -0.2) is 44.7 Å². The molecule has 0 aliphatic rings. The van der Waals surface area contributed by atoms with E-state index in [1.54, 1.807) is 10.9 Å². The molecule has 2 rings (SSSR count). The fourth-order valence-corrected chi connectivity index (χ4v) is 5.40. The first-order valence-corrected chi connectivity index (χ1v) is 16.1. The Morgan fingerprint density at radius 2 is 1.47 bits per heavy atom. The Kier molecular flexibility index (Phi) is 17.4. The van der Waals surface area contributed by atoms with Crippen molar-refractivity contribution < 1.29 is 18.9 Å². The average molecular weight is 552 g/mol. The maximum Gasteiger partial charge on any atom is 0.341 e. The SMILES string of the molecule is CCCCCCCCCCCCCCCCOCCCC(OC(C)Cn1cnc2c(N)ncnc21)[P+](=O)[O-]. The molecule has 2 aromatic heterocycles. The summed E-state index contributed by atoms with van der Waals surface area (Å²) in [6.45, 7) is 5.82. The van der Waals surface area contributed by atoms with Gasteiger partial charge in [0.2, 0.25) is 0 Å². The number of ether oxygens (including phenoxy) is 2. The van der Waals surface area contributed by atoms with Crippen LogP contribution >= 0.6 is 8.03 Å². The largest absolute Gasteiger partial charge is 0.593 e. The molecule has 216 valence electrons. The van der Waals surface area contributed by atoms with E-state index in [2.05, 4.69) is 21.9 Å². The molecule has 10 heteroatoms. The molecule has 3 unspecified atom stereocenters. The third-order valence-corrected chi connectivity index (χ3v) is 7.74. The highest BCUT2D eigenvalue weighted by molar-refractivity contribution is 7.37. The molecular formula is C28H50N5O4P. The molecule has 0 amide bonds. The second-order valence-electron chi connectivity index (χ2n) is 10.4. The lowest BCUT2D eigenvalue weighted by Crippen LogP contribution is -2.24. The number of aromatic nitrogens is 4. The zero-order chi connectivity index (χ0) is 27.4. The second-order valence-corrected chi connectivity index (χ2v) is 11.5. The highest BCUT2D eigenvalue weighted by Crippen LogP contribution is 2.26. The molecule has 0 fully saturated rings. The van der Waals surface area contributed by atoms with Crippen LogP contribution in [0.4, 0.5) is 5.82 Å². The first kappa shape index (κ1) is 32.5. The number of nitrogen functional groups attached to an aromatic ring is 1. The highest BCUT2D eigenvalue weighted by Gasteiger charge is 2.25. The minimum absolute atomic E-state index is 0.317. The van der Waals surface area contributed by atoms with Gasteiger partial charge in [0.05, 0.1) is 19.0 Å². The zero-order valence-electron chi connectivity index (χ0n) is 23.7. The van der Waals surface area contributed by atoms with E-state index in [0.717, 1.165) is 13.0 Å². The summed E-state index contributed by atoms with van der Waals surface area (Å²) in [5.74, 6) is -0.518. The molecule has 0 aliphatic heterocycles. The zero-order valence-corrected chi connectivity index (χ0v) is 24.6. The van der Waals surface area contributed by atoms with Crippen LogP contribution in [0.2, 0.25) is 0 Å². The fourth-order valence-electron chi connectivity index (χ4n) is 4.70. The Balaban J connectivity index is 1.45. The topological polar surface area (TPSA) is 128 Å². The van der Waals surface area contributed by atoms with Gasteiger partial charge in [-0.2, -0.15) is 0 Å². The quantitative estimate of drug-likeness (QED) is 0.115. The van der Waals surface area contributed by atoms with E-state index in [1.165, 1.54) is 89.8 Å². The van der Waals surface area contributed by atoms with Gasteiger partial charge < -0.3 is 24.7 Å². The number of fused-ring (bicyclic) bond motifs is 1. The lowest BCUT2D eigenvalue weighted by molar-refractivity contribution is -0.176. The normalized spacial score (nSPS) is 13.7. The number of imidazole rings is 1. The molecule has 9 nitrogen and oxygen atoms in total. The van der Waals surface area contributed by atoms with Crippen LogP contribution in [0.5, 0.6) is 0 Å². The maximum atomic E-state index is 11.7. The molecular weight excluding hydrogens is 501 g/mol. The Bertz CT molecular complexity index is 897. The summed E-state index contributed by atoms with van der Waals surface area (Å²) >= 11 is 0. The molecule has 2 N–H and O–H groups in total. The van der Waals surface area contributed by atoms with E-state index in [9.17, 15) is 9.46 Å². The van der Waals surface area contributed by atoms with Crippen LogP contribution < -0.4 is 10.6 Å². The Morgan fingerprint density at radius 1 is 0.895 bits per heavy atom. The molecule has 0 bridgehead atoms. The molecule has 0 aromatic carbocycles. The number of nitrogens with two attached hydrogens (primary N) is 1. The standard InChI is InChI=1S/C28H50N5O4P/c1-3-4-5-6-7-8-9-10-11-12-13-14-15-16-19-36-20-17-18-25(38(34)35)37-24(2)21-33-23-32-26-27(29)30-22-31-28(26)33/h22-25H,3-21H2,1-2H3,(H2,29,30,31). The van der Waals surface area contributed by atoms with E-state index in [1.807, 2.05) is 6.92 Å². The molecule has 2 aromatic rings. The Morgan fingerprint density at radius 3 is 2.08 bits per heavy atom. The summed E-state index contributed by atoms with van der Waals surface area (Å²) in [6.07, 6.45) is 22.5. The smallest absolute Gasteiger partial charge is 0.341 e. The van der Waals surface area contributed by atoms with Crippen molar-refractivity contribution in [2.24, 2.45) is 0 Å². The van der Waals surface area contributed by atoms with Crippen LogP contribution in [0.3, 0.4) is 0 Å². The van der Waals surface area contributed by atoms with E-state index in [0.29, 0.717) is 43.0 Å². The van der Waals surface area contributed by atoms with Gasteiger partial charge in [0, 0.05) is 19.6 Å². The van der Waals surface area contributed by atoms with E-state index >= 15 is 0 Å². The summed E-state index contributed by atoms with van der Waals surface area (Å²) in [6, 6.07) is 0. The van der Waals surface area contributed by atoms with Crippen molar-refractivity contribution in [3.63, 3.8) is 0 Å². The predicted molar refractivity (Wildman–Crippen MR) is 152 cm³/mol. The first-order chi connectivity index (χ1) is 18.5. The molecule has 2 heterocycles. The molecule has 0 radical (unpaired) electrons. The Labute approximate surface area is 230 Å². The number of nitrogens with zero attached hydrogens (tertiary/aromatic N) is 4. The molecule has 0 spiro atoms. The van der Waals surface area contributed by atoms with Crippen molar-refractivity contribution in [1.29, 1.82) is 0 Å². The summed E-state index contributed by atoms with van der Waals surface area (Å²) in [5.41, 5.74) is 6.96. The van der Waals surface area contributed by atoms with Crippen molar-refractivity contribution in [2.45, 2.75) is 135 Å². The lowest BCUT2D eigenvalue weighted by Gasteiger charge is -2.17. The number of hydrogen-bond donors (Lipinski definition) is 1. The van der Waals surface area contributed by atoms with Crippen molar-refractivity contribution in [3.8, 4) is 0 Å². The van der Waals surface area contributed by atoms with Gasteiger partial charge >= 0.3 is 8.03 Å². The molecule has 0 aliphatic carbocycles. The number of unbranched alkanes of at least 4 members (excludes halogenated alkanes) is 13. The molecule has 38 heavy (non-hydrogen) atoms. The molecule has 0 saturated carbocycles. The van der Waals surface area contributed by atoms with Gasteiger partial charge in [-0.15, -0.1) is 0 Å². The monoisotopic (exact) mass is 551 g/mol. The van der Waals surface area contributed by atoms with Crippen molar-refractivity contribution in [2.75, 3.05) is 18.9 Å². The maximum absolute atomic E-state index is 11.7. The predicted octanol–water partition coefficient (Wildman–Crippen LogP) is 6.52. The third kappa shape index (κ3) is 13.4. The first-order valence-electron chi connectivity index (χ1n) is 14.8. The summed E-state index contributed by atoms with van der Waals surface area (Å²) < 4.78 is 25.1. The lowest BCUT2D eigenvalue weighted by atomic mass is 10.0. The molecule has 0 saturated heterocycles. The van der Waals surface area contributed by atoms with Gasteiger partial charge in [0.25, 0.3) is 5.85 Å². The van der Waals surface area contributed by atoms with Crippen LogP contribution in [0.1, 0.15) is 117 Å². The van der Waals surface area contributed by atoms with Crippen LogP contribution in [0, 0.1) is 0 Å². The second kappa shape index (κ2) is 20.3. The van der Waals surface area contributed by atoms with Crippen LogP contribution in [0.15, 0.2) is 12.7 Å². The van der Waals surface area contributed by atoms with Crippen molar-refractivity contribution >= 4 is 25.0 Å². The van der Waals surface area contributed by atoms with Gasteiger partial charge in [0.15, 0.2) is 11.5 Å². The summed E-state index contributed by atoms with van der Waals surface area (Å²) in [4.78, 5) is 24.1. The van der Waals surface area contributed by atoms with Gasteiger partial charge in [-0.05, 0) is 19.8 Å². The van der Waals surface area contributed by atoms with Crippen LogP contribution in [-0.2, 0) is 20.6 Å². The van der Waals surface area contributed by atoms with Gasteiger partial charge in [-0.25, -0.2) is 15.0 Å². The number of rotatable bonds is 24. The van der Waals surface area contributed by atoms with Gasteiger partial charge in [0.1, 0.15) is 11.8 Å². The van der Waals surface area contributed by atoms with E-state index < -0.39 is 13.9 Å². The van der Waals surface area contributed by atoms with Crippen molar-refractivity contribution in [1.82, 2.24) is 19.5 Å². The molecule has 3 atom stereocenters. The van der Waals surface area contributed by atoms with E-state index in [-0.39, 0.29) is 6.10 Å².